The number of anilines is 1. The van der Waals surface area contributed by atoms with E-state index in [2.05, 4.69) is 10.3 Å². The highest BCUT2D eigenvalue weighted by atomic mass is 19.3. The van der Waals surface area contributed by atoms with Gasteiger partial charge < -0.3 is 15.0 Å². The maximum absolute atomic E-state index is 12.6. The van der Waals surface area contributed by atoms with Crippen LogP contribution in [0, 0.1) is 0 Å². The highest BCUT2D eigenvalue weighted by Crippen LogP contribution is 2.18. The van der Waals surface area contributed by atoms with Crippen LogP contribution in [-0.2, 0) is 0 Å². The van der Waals surface area contributed by atoms with Gasteiger partial charge >= 0.3 is 0 Å². The first-order valence-corrected chi connectivity index (χ1v) is 8.10. The average molecular weight is 347 g/mol. The zero-order chi connectivity index (χ0) is 17.6. The van der Waals surface area contributed by atoms with Crippen LogP contribution >= 0.6 is 0 Å². The fourth-order valence-electron chi connectivity index (χ4n) is 2.76. The summed E-state index contributed by atoms with van der Waals surface area (Å²) in [4.78, 5) is 18.3. The van der Waals surface area contributed by atoms with E-state index < -0.39 is 13.0 Å². The number of amides is 1. The molecule has 0 spiro atoms. The predicted molar refractivity (Wildman–Crippen MR) is 90.1 cm³/mol. The van der Waals surface area contributed by atoms with E-state index in [-0.39, 0.29) is 23.5 Å². The van der Waals surface area contributed by atoms with E-state index in [1.165, 1.54) is 6.07 Å². The average Bonchev–Trinajstić information content (AvgIpc) is 3.09. The summed E-state index contributed by atoms with van der Waals surface area (Å²) in [6.45, 7) is 0.447. The van der Waals surface area contributed by atoms with E-state index in [0.29, 0.717) is 13.1 Å². The second kappa shape index (κ2) is 7.92. The number of alkyl halides is 2. The molecule has 1 atom stereocenters. The molecule has 1 aliphatic heterocycles. The number of ether oxygens (including phenoxy) is 1. The van der Waals surface area contributed by atoms with Crippen LogP contribution in [0.2, 0.25) is 0 Å². The third-order valence-corrected chi connectivity index (χ3v) is 3.92. The minimum absolute atomic E-state index is 0.0318. The smallest absolute Gasteiger partial charge is 0.272 e. The third-order valence-electron chi connectivity index (χ3n) is 3.92. The number of nitrogens with one attached hydrogen (secondary N) is 1. The Morgan fingerprint density at radius 1 is 1.24 bits per heavy atom. The highest BCUT2D eigenvalue weighted by molar-refractivity contribution is 5.92. The van der Waals surface area contributed by atoms with Crippen LogP contribution in [0.25, 0.3) is 0 Å². The van der Waals surface area contributed by atoms with Gasteiger partial charge in [0.25, 0.3) is 12.3 Å². The van der Waals surface area contributed by atoms with Crippen molar-refractivity contribution in [2.24, 2.45) is 0 Å². The van der Waals surface area contributed by atoms with Gasteiger partial charge in [-0.05, 0) is 24.6 Å². The molecule has 1 fully saturated rings. The van der Waals surface area contributed by atoms with E-state index in [4.69, 9.17) is 4.74 Å². The standard InChI is InChI=1S/C18H19F2N3O2/c19-16(20)12-25-17-8-4-7-15(22-17)18(24)23-10-9-14(11-23)21-13-5-2-1-3-6-13/h1-8,14,16,21H,9-12H2. The Balaban J connectivity index is 1.59. The monoisotopic (exact) mass is 347 g/mol. The summed E-state index contributed by atoms with van der Waals surface area (Å²) >= 11 is 0. The van der Waals surface area contributed by atoms with Gasteiger partial charge in [0.1, 0.15) is 5.69 Å². The zero-order valence-corrected chi connectivity index (χ0v) is 13.6. The van der Waals surface area contributed by atoms with Gasteiger partial charge in [0.2, 0.25) is 5.88 Å². The number of carbonyl (C=O) groups is 1. The fraction of sp³-hybridized carbons (Fsp3) is 0.333. The van der Waals surface area contributed by atoms with Gasteiger partial charge in [-0.25, -0.2) is 13.8 Å². The Hall–Kier alpha value is -2.70. The SMILES string of the molecule is O=C(c1cccc(OCC(F)F)n1)N1CCC(Nc2ccccc2)C1. The normalized spacial score (nSPS) is 16.9. The van der Waals surface area contributed by atoms with Crippen molar-refractivity contribution in [3.63, 3.8) is 0 Å². The van der Waals surface area contributed by atoms with Crippen LogP contribution in [0.15, 0.2) is 48.5 Å². The van der Waals surface area contributed by atoms with E-state index in [1.807, 2.05) is 30.3 Å². The molecule has 0 aliphatic carbocycles. The van der Waals surface area contributed by atoms with Crippen LogP contribution < -0.4 is 10.1 Å². The van der Waals surface area contributed by atoms with Crippen LogP contribution in [0.3, 0.4) is 0 Å². The lowest BCUT2D eigenvalue weighted by molar-refractivity contribution is 0.0764. The highest BCUT2D eigenvalue weighted by Gasteiger charge is 2.27. The van der Waals surface area contributed by atoms with Crippen LogP contribution in [0.1, 0.15) is 16.9 Å². The van der Waals surface area contributed by atoms with Gasteiger partial charge in [0.05, 0.1) is 0 Å². The Bertz CT molecular complexity index is 712. The first-order chi connectivity index (χ1) is 12.1. The lowest BCUT2D eigenvalue weighted by Gasteiger charge is -2.17. The molecule has 0 bridgehead atoms. The summed E-state index contributed by atoms with van der Waals surface area (Å²) in [6, 6.07) is 14.6. The number of pyridine rings is 1. The summed E-state index contributed by atoms with van der Waals surface area (Å²) in [6.07, 6.45) is -1.74. The Morgan fingerprint density at radius 2 is 2.04 bits per heavy atom. The molecule has 0 radical (unpaired) electrons. The molecule has 1 N–H and O–H groups in total. The summed E-state index contributed by atoms with van der Waals surface area (Å²) < 4.78 is 29.3. The van der Waals surface area contributed by atoms with Crippen LogP contribution in [0.4, 0.5) is 14.5 Å². The fourth-order valence-corrected chi connectivity index (χ4v) is 2.76. The van der Waals surface area contributed by atoms with Gasteiger partial charge in [0.15, 0.2) is 6.61 Å². The first-order valence-electron chi connectivity index (χ1n) is 8.10. The van der Waals surface area contributed by atoms with E-state index in [9.17, 15) is 13.6 Å². The molecule has 7 heteroatoms. The Morgan fingerprint density at radius 3 is 2.80 bits per heavy atom. The van der Waals surface area contributed by atoms with Crippen molar-refractivity contribution in [2.75, 3.05) is 25.0 Å². The molecule has 25 heavy (non-hydrogen) atoms. The molecule has 1 saturated heterocycles. The minimum Gasteiger partial charge on any atom is -0.472 e. The molecular formula is C18H19F2N3O2. The molecule has 0 saturated carbocycles. The number of aromatic nitrogens is 1. The van der Waals surface area contributed by atoms with Crippen molar-refractivity contribution in [1.82, 2.24) is 9.88 Å². The molecule has 5 nitrogen and oxygen atoms in total. The molecule has 2 aromatic rings. The lowest BCUT2D eigenvalue weighted by Crippen LogP contribution is -2.32. The lowest BCUT2D eigenvalue weighted by atomic mass is 10.2. The largest absolute Gasteiger partial charge is 0.472 e. The van der Waals surface area contributed by atoms with Crippen LogP contribution in [-0.4, -0.2) is 48.0 Å². The van der Waals surface area contributed by atoms with Crippen LogP contribution in [0.5, 0.6) is 5.88 Å². The summed E-state index contributed by atoms with van der Waals surface area (Å²) in [5.74, 6) is -0.191. The number of halogens is 2. The predicted octanol–water partition coefficient (Wildman–Crippen LogP) is 3.05. The molecule has 1 aliphatic rings. The number of para-hydroxylation sites is 1. The summed E-state index contributed by atoms with van der Waals surface area (Å²) in [7, 11) is 0. The number of likely N-dealkylation sites (tertiary alicyclic amines) is 1. The van der Waals surface area contributed by atoms with Crippen molar-refractivity contribution in [2.45, 2.75) is 18.9 Å². The van der Waals surface area contributed by atoms with Gasteiger partial charge in [0, 0.05) is 30.9 Å². The Labute approximate surface area is 144 Å². The van der Waals surface area contributed by atoms with E-state index in [0.717, 1.165) is 12.1 Å². The number of rotatable bonds is 6. The quantitative estimate of drug-likeness (QED) is 0.873. The van der Waals surface area contributed by atoms with E-state index >= 15 is 0 Å². The van der Waals surface area contributed by atoms with Gasteiger partial charge in [-0.2, -0.15) is 0 Å². The first kappa shape index (κ1) is 17.1. The minimum atomic E-state index is -2.58. The second-order valence-corrected chi connectivity index (χ2v) is 5.81. The number of nitrogens with zero attached hydrogens (tertiary/aromatic N) is 2. The van der Waals surface area contributed by atoms with Gasteiger partial charge in [-0.15, -0.1) is 0 Å². The summed E-state index contributed by atoms with van der Waals surface area (Å²) in [5.41, 5.74) is 1.22. The maximum atomic E-state index is 12.6. The third kappa shape index (κ3) is 4.65. The van der Waals surface area contributed by atoms with Gasteiger partial charge in [-0.1, -0.05) is 24.3 Å². The van der Waals surface area contributed by atoms with Crippen molar-refractivity contribution in [3.05, 3.63) is 54.2 Å². The van der Waals surface area contributed by atoms with Crippen molar-refractivity contribution in [1.29, 1.82) is 0 Å². The van der Waals surface area contributed by atoms with E-state index in [1.54, 1.807) is 17.0 Å². The number of benzene rings is 1. The summed E-state index contributed by atoms with van der Waals surface area (Å²) in [5, 5.41) is 3.40. The number of hydrogen-bond acceptors (Lipinski definition) is 4. The Kier molecular flexibility index (Phi) is 5.42. The molecule has 1 aromatic heterocycles. The molecule has 1 aromatic carbocycles. The molecule has 3 rings (SSSR count). The molecule has 132 valence electrons. The van der Waals surface area contributed by atoms with Crippen molar-refractivity contribution >= 4 is 11.6 Å². The van der Waals surface area contributed by atoms with Crippen molar-refractivity contribution < 1.29 is 18.3 Å². The molecular weight excluding hydrogens is 328 g/mol. The zero-order valence-electron chi connectivity index (χ0n) is 13.6. The van der Waals surface area contributed by atoms with Crippen molar-refractivity contribution in [3.8, 4) is 5.88 Å². The second-order valence-electron chi connectivity index (χ2n) is 5.81. The number of hydrogen-bond donors (Lipinski definition) is 1. The number of carbonyl (C=O) groups excluding carboxylic acids is 1. The maximum Gasteiger partial charge on any atom is 0.272 e. The topological polar surface area (TPSA) is 54.5 Å². The molecule has 2 heterocycles. The molecule has 1 unspecified atom stereocenters. The molecule has 1 amide bonds. The van der Waals surface area contributed by atoms with Gasteiger partial charge in [-0.3, -0.25) is 4.79 Å².